The molecule has 2 heterocycles. The first kappa shape index (κ1) is 17.8. The van der Waals surface area contributed by atoms with Crippen LogP contribution in [0.4, 0.5) is 4.39 Å². The molecule has 1 aliphatic heterocycles. The summed E-state index contributed by atoms with van der Waals surface area (Å²) in [7, 11) is -3.61. The van der Waals surface area contributed by atoms with Crippen LogP contribution in [-0.2, 0) is 29.3 Å². The zero-order valence-electron chi connectivity index (χ0n) is 13.2. The van der Waals surface area contributed by atoms with E-state index in [2.05, 4.69) is 9.97 Å². The van der Waals surface area contributed by atoms with Crippen LogP contribution in [-0.4, -0.2) is 41.2 Å². The molecule has 0 amide bonds. The van der Waals surface area contributed by atoms with E-state index < -0.39 is 21.2 Å². The van der Waals surface area contributed by atoms with Crippen molar-refractivity contribution in [1.29, 1.82) is 0 Å². The summed E-state index contributed by atoms with van der Waals surface area (Å²) in [6, 6.07) is 2.21. The van der Waals surface area contributed by atoms with Crippen molar-refractivity contribution in [2.45, 2.75) is 24.7 Å². The molecule has 0 bridgehead atoms. The number of aromatic hydroxyl groups is 1. The number of aromatic nitrogens is 2. The summed E-state index contributed by atoms with van der Waals surface area (Å²) >= 11 is 5.77. The standard InChI is InChI=1S/C15H15ClFN3O4S/c1-25(23,24)15-18-12-2-3-20(7-10(12)14(22)19-15)6-8-4-9(17)5-11(16)13(8)21/h4-5,21H,2-3,6-7H2,1H3,(H,18,19,22). The molecule has 0 aliphatic carbocycles. The van der Waals surface area contributed by atoms with Gasteiger partial charge in [0.1, 0.15) is 11.6 Å². The van der Waals surface area contributed by atoms with Crippen molar-refractivity contribution >= 4 is 21.4 Å². The molecule has 2 aromatic rings. The van der Waals surface area contributed by atoms with Crippen molar-refractivity contribution < 1.29 is 17.9 Å². The first-order valence-corrected chi connectivity index (χ1v) is 9.63. The molecule has 0 unspecified atom stereocenters. The lowest BCUT2D eigenvalue weighted by molar-refractivity contribution is 0.237. The highest BCUT2D eigenvalue weighted by Gasteiger charge is 2.24. The van der Waals surface area contributed by atoms with Crippen molar-refractivity contribution in [1.82, 2.24) is 14.9 Å². The van der Waals surface area contributed by atoms with Gasteiger partial charge < -0.3 is 5.11 Å². The van der Waals surface area contributed by atoms with Gasteiger partial charge in [0.2, 0.25) is 15.0 Å². The smallest absolute Gasteiger partial charge is 0.256 e. The minimum absolute atomic E-state index is 0.0790. The van der Waals surface area contributed by atoms with Crippen molar-refractivity contribution in [3.8, 4) is 5.75 Å². The van der Waals surface area contributed by atoms with E-state index in [-0.39, 0.29) is 29.0 Å². The summed E-state index contributed by atoms with van der Waals surface area (Å²) in [5, 5.41) is 9.53. The van der Waals surface area contributed by atoms with E-state index in [0.29, 0.717) is 29.8 Å². The lowest BCUT2D eigenvalue weighted by atomic mass is 10.1. The van der Waals surface area contributed by atoms with Crippen LogP contribution in [0, 0.1) is 5.82 Å². The number of nitrogens with one attached hydrogen (secondary N) is 1. The number of halogens is 2. The van der Waals surface area contributed by atoms with Gasteiger partial charge in [0.15, 0.2) is 0 Å². The van der Waals surface area contributed by atoms with E-state index >= 15 is 0 Å². The number of aromatic amines is 1. The zero-order valence-corrected chi connectivity index (χ0v) is 14.8. The number of nitrogens with zero attached hydrogens (tertiary/aromatic N) is 2. The molecule has 1 aliphatic rings. The maximum absolute atomic E-state index is 13.5. The molecule has 0 fully saturated rings. The Morgan fingerprint density at radius 3 is 2.84 bits per heavy atom. The van der Waals surface area contributed by atoms with Gasteiger partial charge >= 0.3 is 0 Å². The van der Waals surface area contributed by atoms with Gasteiger partial charge in [-0.1, -0.05) is 11.6 Å². The van der Waals surface area contributed by atoms with Gasteiger partial charge in [-0.15, -0.1) is 0 Å². The topological polar surface area (TPSA) is 103 Å². The molecule has 10 heteroatoms. The number of phenols is 1. The molecule has 0 saturated carbocycles. The number of benzene rings is 1. The van der Waals surface area contributed by atoms with Gasteiger partial charge in [-0.05, 0) is 12.1 Å². The normalized spacial score (nSPS) is 15.2. The molecule has 0 spiro atoms. The van der Waals surface area contributed by atoms with Gasteiger partial charge in [-0.2, -0.15) is 0 Å². The van der Waals surface area contributed by atoms with Crippen molar-refractivity contribution in [2.75, 3.05) is 12.8 Å². The molecule has 0 radical (unpaired) electrons. The Morgan fingerprint density at radius 1 is 1.44 bits per heavy atom. The molecule has 7 nitrogen and oxygen atoms in total. The van der Waals surface area contributed by atoms with Crippen LogP contribution in [0.3, 0.4) is 0 Å². The molecule has 0 atom stereocenters. The molecule has 1 aromatic carbocycles. The van der Waals surface area contributed by atoms with Gasteiger partial charge in [-0.3, -0.25) is 14.7 Å². The van der Waals surface area contributed by atoms with Crippen molar-refractivity contribution in [3.05, 3.63) is 50.1 Å². The largest absolute Gasteiger partial charge is 0.506 e. The Balaban J connectivity index is 1.89. The van der Waals surface area contributed by atoms with Gasteiger partial charge in [0.05, 0.1) is 16.3 Å². The van der Waals surface area contributed by atoms with Crippen LogP contribution in [0.1, 0.15) is 16.8 Å². The average molecular weight is 388 g/mol. The van der Waals surface area contributed by atoms with Crippen LogP contribution in [0.25, 0.3) is 0 Å². The van der Waals surface area contributed by atoms with E-state index in [1.165, 1.54) is 6.07 Å². The number of H-pyrrole nitrogens is 1. The van der Waals surface area contributed by atoms with Crippen LogP contribution >= 0.6 is 11.6 Å². The van der Waals surface area contributed by atoms with E-state index in [1.807, 2.05) is 4.90 Å². The molecule has 1 aromatic heterocycles. The van der Waals surface area contributed by atoms with Crippen LogP contribution in [0.15, 0.2) is 22.1 Å². The highest BCUT2D eigenvalue weighted by atomic mass is 35.5. The molecule has 2 N–H and O–H groups in total. The van der Waals surface area contributed by atoms with Crippen molar-refractivity contribution in [2.24, 2.45) is 0 Å². The third kappa shape index (κ3) is 3.68. The molecular formula is C15H15ClFN3O4S. The summed E-state index contributed by atoms with van der Waals surface area (Å²) in [5.74, 6) is -0.763. The summed E-state index contributed by atoms with van der Waals surface area (Å²) in [6.45, 7) is 0.867. The Kier molecular flexibility index (Phi) is 4.56. The molecule has 134 valence electrons. The number of sulfone groups is 1. The molecule has 0 saturated heterocycles. The summed E-state index contributed by atoms with van der Waals surface area (Å²) in [4.78, 5) is 20.3. The minimum atomic E-state index is -3.61. The number of hydrogen-bond acceptors (Lipinski definition) is 6. The summed E-state index contributed by atoms with van der Waals surface area (Å²) < 4.78 is 36.6. The average Bonchev–Trinajstić information content (AvgIpc) is 2.51. The molecule has 3 rings (SSSR count). The maximum atomic E-state index is 13.5. The Bertz CT molecular complexity index is 1010. The Morgan fingerprint density at radius 2 is 2.16 bits per heavy atom. The van der Waals surface area contributed by atoms with E-state index in [4.69, 9.17) is 11.6 Å². The number of hydrogen-bond donors (Lipinski definition) is 2. The first-order chi connectivity index (χ1) is 11.6. The third-order valence-corrected chi connectivity index (χ3v) is 5.16. The van der Waals surface area contributed by atoms with Gasteiger partial charge in [0.25, 0.3) is 5.56 Å². The van der Waals surface area contributed by atoms with Crippen LogP contribution in [0.2, 0.25) is 5.02 Å². The monoisotopic (exact) mass is 387 g/mol. The lowest BCUT2D eigenvalue weighted by Gasteiger charge is -2.28. The van der Waals surface area contributed by atoms with Crippen molar-refractivity contribution in [3.63, 3.8) is 0 Å². The second-order valence-electron chi connectivity index (χ2n) is 5.92. The predicted molar refractivity (Wildman–Crippen MR) is 88.9 cm³/mol. The highest BCUT2D eigenvalue weighted by molar-refractivity contribution is 7.90. The quantitative estimate of drug-likeness (QED) is 0.768. The minimum Gasteiger partial charge on any atom is -0.506 e. The zero-order chi connectivity index (χ0) is 18.4. The fraction of sp³-hybridized carbons (Fsp3) is 0.333. The van der Waals surface area contributed by atoms with Gasteiger partial charge in [-0.25, -0.2) is 17.8 Å². The molecular weight excluding hydrogens is 373 g/mol. The number of phenolic OH excluding ortho intramolecular Hbond substituents is 1. The third-order valence-electron chi connectivity index (χ3n) is 3.98. The van der Waals surface area contributed by atoms with Crippen LogP contribution in [0.5, 0.6) is 5.75 Å². The van der Waals surface area contributed by atoms with E-state index in [9.17, 15) is 22.7 Å². The van der Waals surface area contributed by atoms with Crippen LogP contribution < -0.4 is 5.56 Å². The number of fused-ring (bicyclic) bond motifs is 1. The second-order valence-corrected chi connectivity index (χ2v) is 8.26. The maximum Gasteiger partial charge on any atom is 0.256 e. The summed E-state index contributed by atoms with van der Waals surface area (Å²) in [6.07, 6.45) is 1.34. The Hall–Kier alpha value is -1.97. The van der Waals surface area contributed by atoms with Gasteiger partial charge in [0, 0.05) is 37.9 Å². The molecule has 25 heavy (non-hydrogen) atoms. The Labute approximate surface area is 148 Å². The first-order valence-electron chi connectivity index (χ1n) is 7.36. The SMILES string of the molecule is CS(=O)(=O)c1nc2c(c(=O)[nH]1)CN(Cc1cc(F)cc(Cl)c1O)CC2. The highest BCUT2D eigenvalue weighted by Crippen LogP contribution is 2.30. The van der Waals surface area contributed by atoms with E-state index in [1.54, 1.807) is 0 Å². The summed E-state index contributed by atoms with van der Waals surface area (Å²) in [5.41, 5.74) is 0.588. The second kappa shape index (κ2) is 6.40. The fourth-order valence-electron chi connectivity index (χ4n) is 2.75. The van der Waals surface area contributed by atoms with E-state index in [0.717, 1.165) is 12.3 Å². The predicted octanol–water partition coefficient (Wildman–Crippen LogP) is 1.23. The fourth-order valence-corrected chi connectivity index (χ4v) is 3.53. The lowest BCUT2D eigenvalue weighted by Crippen LogP contribution is -2.36. The number of rotatable bonds is 3.